The van der Waals surface area contributed by atoms with E-state index in [1.807, 2.05) is 6.92 Å². The number of rotatable bonds is 5. The summed E-state index contributed by atoms with van der Waals surface area (Å²) in [4.78, 5) is 11.3. The third kappa shape index (κ3) is 2.68. The van der Waals surface area contributed by atoms with Gasteiger partial charge in [-0.2, -0.15) is 0 Å². The van der Waals surface area contributed by atoms with Crippen LogP contribution >= 0.6 is 0 Å². The standard InChI is InChI=1S/C12H18N2O3/c1-7(6-16-2)10-9(13)5-4-8(12(14)15)11(10)17-3/h4-5,7H,6,13H2,1-3H3,(H2,14,15). The first-order valence-electron chi connectivity index (χ1n) is 5.28. The van der Waals surface area contributed by atoms with Gasteiger partial charge >= 0.3 is 0 Å². The monoisotopic (exact) mass is 238 g/mol. The van der Waals surface area contributed by atoms with Crippen molar-refractivity contribution in [1.29, 1.82) is 0 Å². The van der Waals surface area contributed by atoms with Crippen molar-refractivity contribution in [2.75, 3.05) is 26.6 Å². The Morgan fingerprint density at radius 3 is 2.53 bits per heavy atom. The van der Waals surface area contributed by atoms with Crippen molar-refractivity contribution in [3.05, 3.63) is 23.3 Å². The Hall–Kier alpha value is -1.75. The van der Waals surface area contributed by atoms with E-state index in [0.717, 1.165) is 5.56 Å². The number of primary amides is 1. The Balaban J connectivity index is 3.34. The Labute approximate surface area is 101 Å². The number of carbonyl (C=O) groups excluding carboxylic acids is 1. The summed E-state index contributed by atoms with van der Waals surface area (Å²) >= 11 is 0. The minimum absolute atomic E-state index is 0.0225. The van der Waals surface area contributed by atoms with Crippen LogP contribution in [0.25, 0.3) is 0 Å². The number of nitrogen functional groups attached to an aromatic ring is 1. The number of nitrogens with two attached hydrogens (primary N) is 2. The van der Waals surface area contributed by atoms with Crippen LogP contribution < -0.4 is 16.2 Å². The molecule has 1 atom stereocenters. The van der Waals surface area contributed by atoms with Crippen LogP contribution in [0.2, 0.25) is 0 Å². The molecule has 1 rings (SSSR count). The van der Waals surface area contributed by atoms with Gasteiger partial charge in [0, 0.05) is 24.3 Å². The molecule has 0 aliphatic rings. The lowest BCUT2D eigenvalue weighted by Gasteiger charge is -2.19. The fourth-order valence-corrected chi connectivity index (χ4v) is 1.87. The van der Waals surface area contributed by atoms with E-state index in [1.54, 1.807) is 19.2 Å². The van der Waals surface area contributed by atoms with Crippen LogP contribution in [0.1, 0.15) is 28.8 Å². The average molecular weight is 238 g/mol. The van der Waals surface area contributed by atoms with Gasteiger partial charge in [-0.15, -0.1) is 0 Å². The van der Waals surface area contributed by atoms with Gasteiger partial charge in [-0.3, -0.25) is 4.79 Å². The van der Waals surface area contributed by atoms with Crippen molar-refractivity contribution >= 4 is 11.6 Å². The summed E-state index contributed by atoms with van der Waals surface area (Å²) in [5, 5.41) is 0. The molecule has 1 amide bonds. The second kappa shape index (κ2) is 5.54. The van der Waals surface area contributed by atoms with Crippen molar-refractivity contribution < 1.29 is 14.3 Å². The van der Waals surface area contributed by atoms with Crippen LogP contribution in [-0.2, 0) is 4.74 Å². The molecular formula is C12H18N2O3. The lowest BCUT2D eigenvalue weighted by Crippen LogP contribution is -2.16. The molecule has 5 nitrogen and oxygen atoms in total. The number of ether oxygens (including phenoxy) is 2. The molecule has 1 aromatic rings. The number of hydrogen-bond donors (Lipinski definition) is 2. The number of amides is 1. The molecule has 0 saturated heterocycles. The molecule has 0 bridgehead atoms. The molecule has 1 aromatic carbocycles. The van der Waals surface area contributed by atoms with Crippen molar-refractivity contribution in [2.45, 2.75) is 12.8 Å². The molecule has 0 radical (unpaired) electrons. The molecule has 0 spiro atoms. The van der Waals surface area contributed by atoms with Gasteiger partial charge in [0.15, 0.2) is 0 Å². The van der Waals surface area contributed by atoms with Crippen LogP contribution in [0.4, 0.5) is 5.69 Å². The molecule has 1 unspecified atom stereocenters. The van der Waals surface area contributed by atoms with Crippen molar-refractivity contribution in [1.82, 2.24) is 0 Å². The highest BCUT2D eigenvalue weighted by molar-refractivity contribution is 5.97. The zero-order valence-corrected chi connectivity index (χ0v) is 10.3. The minimum atomic E-state index is -0.535. The third-order valence-electron chi connectivity index (χ3n) is 2.61. The van der Waals surface area contributed by atoms with Gasteiger partial charge in [0.25, 0.3) is 5.91 Å². The molecule has 5 heteroatoms. The predicted molar refractivity (Wildman–Crippen MR) is 66.2 cm³/mol. The lowest BCUT2D eigenvalue weighted by molar-refractivity contribution is 0.0997. The van der Waals surface area contributed by atoms with E-state index in [0.29, 0.717) is 23.6 Å². The molecule has 0 aliphatic carbocycles. The Morgan fingerprint density at radius 2 is 2.06 bits per heavy atom. The van der Waals surface area contributed by atoms with E-state index < -0.39 is 5.91 Å². The highest BCUT2D eigenvalue weighted by Crippen LogP contribution is 2.35. The molecule has 4 N–H and O–H groups in total. The number of hydrogen-bond acceptors (Lipinski definition) is 4. The van der Waals surface area contributed by atoms with E-state index in [9.17, 15) is 4.79 Å². The maximum absolute atomic E-state index is 11.3. The predicted octanol–water partition coefficient (Wildman–Crippen LogP) is 1.13. The van der Waals surface area contributed by atoms with Crippen LogP contribution in [0.5, 0.6) is 5.75 Å². The van der Waals surface area contributed by atoms with Gasteiger partial charge in [-0.25, -0.2) is 0 Å². The van der Waals surface area contributed by atoms with Crippen LogP contribution in [0.3, 0.4) is 0 Å². The molecule has 17 heavy (non-hydrogen) atoms. The second-order valence-electron chi connectivity index (χ2n) is 3.87. The van der Waals surface area contributed by atoms with Crippen molar-refractivity contribution in [3.63, 3.8) is 0 Å². The van der Waals surface area contributed by atoms with E-state index in [-0.39, 0.29) is 5.92 Å². The number of benzene rings is 1. The summed E-state index contributed by atoms with van der Waals surface area (Å²) in [5.74, 6) is -0.0796. The summed E-state index contributed by atoms with van der Waals surface area (Å²) < 4.78 is 10.3. The molecule has 0 aromatic heterocycles. The lowest BCUT2D eigenvalue weighted by atomic mass is 9.96. The van der Waals surface area contributed by atoms with Crippen LogP contribution in [0, 0.1) is 0 Å². The van der Waals surface area contributed by atoms with E-state index in [1.165, 1.54) is 7.11 Å². The molecular weight excluding hydrogens is 220 g/mol. The SMILES string of the molecule is COCC(C)c1c(N)ccc(C(N)=O)c1OC. The fraction of sp³-hybridized carbons (Fsp3) is 0.417. The molecule has 94 valence electrons. The van der Waals surface area contributed by atoms with Crippen molar-refractivity contribution in [2.24, 2.45) is 5.73 Å². The molecule has 0 saturated carbocycles. The minimum Gasteiger partial charge on any atom is -0.496 e. The molecule has 0 heterocycles. The Bertz CT molecular complexity index is 418. The number of anilines is 1. The quantitative estimate of drug-likeness (QED) is 0.752. The van der Waals surface area contributed by atoms with Gasteiger partial charge in [-0.1, -0.05) is 6.92 Å². The Morgan fingerprint density at radius 1 is 1.41 bits per heavy atom. The van der Waals surface area contributed by atoms with Crippen molar-refractivity contribution in [3.8, 4) is 5.75 Å². The topological polar surface area (TPSA) is 87.6 Å². The summed E-state index contributed by atoms with van der Waals surface area (Å²) in [6, 6.07) is 3.23. The number of methoxy groups -OCH3 is 2. The van der Waals surface area contributed by atoms with Gasteiger partial charge in [0.1, 0.15) is 5.75 Å². The first kappa shape index (κ1) is 13.3. The van der Waals surface area contributed by atoms with E-state index in [2.05, 4.69) is 0 Å². The van der Waals surface area contributed by atoms with Gasteiger partial charge in [0.2, 0.25) is 0 Å². The fourth-order valence-electron chi connectivity index (χ4n) is 1.87. The maximum Gasteiger partial charge on any atom is 0.252 e. The zero-order chi connectivity index (χ0) is 13.0. The summed E-state index contributed by atoms with van der Waals surface area (Å²) in [5.41, 5.74) is 12.9. The Kier molecular flexibility index (Phi) is 4.34. The van der Waals surface area contributed by atoms with Crippen LogP contribution in [0.15, 0.2) is 12.1 Å². The normalized spacial score (nSPS) is 12.2. The van der Waals surface area contributed by atoms with Crippen LogP contribution in [-0.4, -0.2) is 26.7 Å². The maximum atomic E-state index is 11.3. The number of carbonyl (C=O) groups is 1. The van der Waals surface area contributed by atoms with Gasteiger partial charge < -0.3 is 20.9 Å². The van der Waals surface area contributed by atoms with Gasteiger partial charge in [-0.05, 0) is 12.1 Å². The average Bonchev–Trinajstić information content (AvgIpc) is 2.28. The first-order chi connectivity index (χ1) is 8.02. The largest absolute Gasteiger partial charge is 0.496 e. The van der Waals surface area contributed by atoms with E-state index in [4.69, 9.17) is 20.9 Å². The summed E-state index contributed by atoms with van der Waals surface area (Å²) in [6.45, 7) is 2.44. The highest BCUT2D eigenvalue weighted by Gasteiger charge is 2.20. The third-order valence-corrected chi connectivity index (χ3v) is 2.61. The van der Waals surface area contributed by atoms with E-state index >= 15 is 0 Å². The zero-order valence-electron chi connectivity index (χ0n) is 10.3. The summed E-state index contributed by atoms with van der Waals surface area (Å²) in [6.07, 6.45) is 0. The summed E-state index contributed by atoms with van der Waals surface area (Å²) in [7, 11) is 3.10. The second-order valence-corrected chi connectivity index (χ2v) is 3.87. The molecule has 0 aliphatic heterocycles. The van der Waals surface area contributed by atoms with Gasteiger partial charge in [0.05, 0.1) is 19.3 Å². The highest BCUT2D eigenvalue weighted by atomic mass is 16.5. The smallest absolute Gasteiger partial charge is 0.252 e. The first-order valence-corrected chi connectivity index (χ1v) is 5.28. The molecule has 0 fully saturated rings.